The van der Waals surface area contributed by atoms with Crippen LogP contribution in [-0.2, 0) is 30.4 Å². The fourth-order valence-corrected chi connectivity index (χ4v) is 4.02. The van der Waals surface area contributed by atoms with Gasteiger partial charge in [0.25, 0.3) is 5.97 Å². The van der Waals surface area contributed by atoms with Gasteiger partial charge >= 0.3 is 5.97 Å². The molecule has 1 rings (SSSR count). The van der Waals surface area contributed by atoms with E-state index in [2.05, 4.69) is 4.99 Å². The number of imide groups is 1. The van der Waals surface area contributed by atoms with Gasteiger partial charge in [0.05, 0.1) is 18.1 Å². The van der Waals surface area contributed by atoms with Crippen LogP contribution >= 0.6 is 11.8 Å². The standard InChI is InChI=1S/C23H37N7O5S.C2H4O2/c1-23(21(34)35,18(31)15(24)10-12-36-2)30(19(32)16(25)9-6-11-29-22(27)28)20(33)17(26)13-14-7-4-3-5-8-14;1-2(3)4/h3-5,7-8,15-17H,6,9-13,24-26H2,1-2H3,(H,34,35)(H4,27,28,29);1H3,(H,3,4). The van der Waals surface area contributed by atoms with E-state index in [1.807, 2.05) is 0 Å². The SMILES string of the molecule is CC(=O)O.CSCCC(N)C(=O)C(C)(C(=O)O)N(C(=O)C(N)CCCN=C(N)N)C(=O)C(N)Cc1ccccc1. The molecule has 0 saturated heterocycles. The maximum Gasteiger partial charge on any atom is 0.337 e. The van der Waals surface area contributed by atoms with Gasteiger partial charge in [-0.25, -0.2) is 4.79 Å². The second-order valence-electron chi connectivity index (χ2n) is 9.01. The van der Waals surface area contributed by atoms with Crippen LogP contribution < -0.4 is 28.7 Å². The maximum atomic E-state index is 13.5. The van der Waals surface area contributed by atoms with E-state index >= 15 is 0 Å². The van der Waals surface area contributed by atoms with Crippen LogP contribution in [0.4, 0.5) is 0 Å². The molecule has 0 aromatic heterocycles. The first kappa shape index (κ1) is 36.5. The van der Waals surface area contributed by atoms with Crippen LogP contribution in [0.2, 0.25) is 0 Å². The highest BCUT2D eigenvalue weighted by atomic mass is 32.2. The summed E-state index contributed by atoms with van der Waals surface area (Å²) in [5.74, 6) is -5.30. The molecule has 0 saturated carbocycles. The number of rotatable bonds is 15. The number of hydrogen-bond donors (Lipinski definition) is 7. The van der Waals surface area contributed by atoms with Crippen molar-refractivity contribution in [3.63, 3.8) is 0 Å². The third kappa shape index (κ3) is 11.7. The van der Waals surface area contributed by atoms with Gasteiger partial charge in [-0.15, -0.1) is 0 Å². The molecular weight excluding hydrogens is 542 g/mol. The summed E-state index contributed by atoms with van der Waals surface area (Å²) in [6.07, 6.45) is 2.26. The van der Waals surface area contributed by atoms with Crippen LogP contribution in [0, 0.1) is 0 Å². The van der Waals surface area contributed by atoms with Gasteiger partial charge in [0, 0.05) is 13.5 Å². The number of nitrogens with zero attached hydrogens (tertiary/aromatic N) is 2. The zero-order chi connectivity index (χ0) is 31.0. The van der Waals surface area contributed by atoms with Crippen molar-refractivity contribution in [1.82, 2.24) is 4.90 Å². The Balaban J connectivity index is 0.00000354. The minimum Gasteiger partial charge on any atom is -0.481 e. The summed E-state index contributed by atoms with van der Waals surface area (Å²) in [5.41, 5.74) is 26.8. The van der Waals surface area contributed by atoms with Crippen molar-refractivity contribution in [3.8, 4) is 0 Å². The molecule has 4 atom stereocenters. The Bertz CT molecular complexity index is 1030. The molecule has 224 valence electrons. The van der Waals surface area contributed by atoms with Crippen molar-refractivity contribution in [3.05, 3.63) is 35.9 Å². The summed E-state index contributed by atoms with van der Waals surface area (Å²) in [6.45, 7) is 2.23. The van der Waals surface area contributed by atoms with E-state index in [4.69, 9.17) is 38.6 Å². The first-order valence-electron chi connectivity index (χ1n) is 12.3. The number of aliphatic imine (C=N–C) groups is 1. The number of carbonyl (C=O) groups is 5. The summed E-state index contributed by atoms with van der Waals surface area (Å²) >= 11 is 1.42. The van der Waals surface area contributed by atoms with Crippen molar-refractivity contribution < 1.29 is 34.2 Å². The average Bonchev–Trinajstić information content (AvgIpc) is 2.88. The predicted molar refractivity (Wildman–Crippen MR) is 153 cm³/mol. The first-order valence-corrected chi connectivity index (χ1v) is 13.7. The van der Waals surface area contributed by atoms with Crippen molar-refractivity contribution in [1.29, 1.82) is 0 Å². The molecular formula is C25H41N7O7S. The molecule has 0 fully saturated rings. The van der Waals surface area contributed by atoms with Gasteiger partial charge in [0.2, 0.25) is 17.4 Å². The maximum absolute atomic E-state index is 13.5. The normalized spacial score (nSPS) is 14.2. The van der Waals surface area contributed by atoms with E-state index in [1.54, 1.807) is 36.6 Å². The summed E-state index contributed by atoms with van der Waals surface area (Å²) in [5, 5.41) is 17.5. The summed E-state index contributed by atoms with van der Waals surface area (Å²) in [4.78, 5) is 65.9. The van der Waals surface area contributed by atoms with Gasteiger partial charge in [-0.1, -0.05) is 30.3 Å². The molecule has 0 aliphatic heterocycles. The summed E-state index contributed by atoms with van der Waals surface area (Å²) < 4.78 is 0. The highest BCUT2D eigenvalue weighted by Gasteiger charge is 2.54. The van der Waals surface area contributed by atoms with Gasteiger partial charge in [-0.2, -0.15) is 11.8 Å². The van der Waals surface area contributed by atoms with Gasteiger partial charge in [0.15, 0.2) is 11.7 Å². The van der Waals surface area contributed by atoms with E-state index in [-0.39, 0.29) is 38.2 Å². The molecule has 2 amide bonds. The molecule has 0 heterocycles. The fourth-order valence-electron chi connectivity index (χ4n) is 3.53. The van der Waals surface area contributed by atoms with Crippen molar-refractivity contribution in [2.24, 2.45) is 33.7 Å². The number of benzene rings is 1. The van der Waals surface area contributed by atoms with Crippen molar-refractivity contribution >= 4 is 47.3 Å². The number of carboxylic acid groups (broad SMARTS) is 2. The van der Waals surface area contributed by atoms with Crippen LogP contribution in [0.5, 0.6) is 0 Å². The van der Waals surface area contributed by atoms with Crippen LogP contribution in [0.1, 0.15) is 38.7 Å². The minimum absolute atomic E-state index is 0.00556. The Morgan fingerprint density at radius 2 is 1.48 bits per heavy atom. The highest BCUT2D eigenvalue weighted by Crippen LogP contribution is 2.24. The minimum atomic E-state index is -2.61. The smallest absolute Gasteiger partial charge is 0.337 e. The summed E-state index contributed by atoms with van der Waals surface area (Å²) in [7, 11) is 0. The zero-order valence-corrected chi connectivity index (χ0v) is 23.8. The number of hydrogen-bond acceptors (Lipinski definition) is 10. The lowest BCUT2D eigenvalue weighted by atomic mass is 9.86. The second-order valence-corrected chi connectivity index (χ2v) is 10.00. The molecule has 0 spiro atoms. The number of nitrogens with two attached hydrogens (primary N) is 5. The van der Waals surface area contributed by atoms with E-state index in [0.29, 0.717) is 16.2 Å². The molecule has 4 unspecified atom stereocenters. The van der Waals surface area contributed by atoms with Gasteiger partial charge in [-0.3, -0.25) is 29.1 Å². The quantitative estimate of drug-likeness (QED) is 0.0558. The molecule has 12 N–H and O–H groups in total. The van der Waals surface area contributed by atoms with Crippen molar-refractivity contribution in [2.45, 2.75) is 63.2 Å². The predicted octanol–water partition coefficient (Wildman–Crippen LogP) is -1.12. The molecule has 0 aliphatic carbocycles. The Kier molecular flexibility index (Phi) is 16.4. The Labute approximate surface area is 237 Å². The third-order valence-corrected chi connectivity index (χ3v) is 6.30. The molecule has 0 radical (unpaired) electrons. The topological polar surface area (TPSA) is 272 Å². The van der Waals surface area contributed by atoms with Crippen LogP contribution in [0.25, 0.3) is 0 Å². The van der Waals surface area contributed by atoms with Gasteiger partial charge in [0.1, 0.15) is 0 Å². The van der Waals surface area contributed by atoms with Crippen LogP contribution in [-0.4, -0.2) is 92.8 Å². The number of carboxylic acids is 2. The molecule has 1 aromatic rings. The van der Waals surface area contributed by atoms with E-state index in [9.17, 15) is 24.3 Å². The van der Waals surface area contributed by atoms with E-state index in [0.717, 1.165) is 13.8 Å². The lowest BCUT2D eigenvalue weighted by Gasteiger charge is -2.39. The molecule has 0 aliphatic rings. The lowest BCUT2D eigenvalue weighted by Crippen LogP contribution is -2.69. The Morgan fingerprint density at radius 1 is 0.950 bits per heavy atom. The molecule has 15 heteroatoms. The molecule has 0 bridgehead atoms. The van der Waals surface area contributed by atoms with Crippen LogP contribution in [0.3, 0.4) is 0 Å². The molecule has 40 heavy (non-hydrogen) atoms. The number of carbonyl (C=O) groups excluding carboxylic acids is 3. The average molecular weight is 584 g/mol. The molecule has 14 nitrogen and oxygen atoms in total. The van der Waals surface area contributed by atoms with Gasteiger partial charge in [-0.05, 0) is 50.2 Å². The Hall–Kier alpha value is -3.53. The van der Waals surface area contributed by atoms with Gasteiger partial charge < -0.3 is 38.9 Å². The third-order valence-electron chi connectivity index (χ3n) is 5.65. The number of amides is 2. The largest absolute Gasteiger partial charge is 0.481 e. The number of Topliss-reactive ketones (excluding diaryl/α,β-unsaturated/α-hetero) is 1. The number of aliphatic carboxylic acids is 2. The Morgan fingerprint density at radius 3 is 1.95 bits per heavy atom. The second kappa shape index (κ2) is 17.9. The lowest BCUT2D eigenvalue weighted by molar-refractivity contribution is -0.171. The highest BCUT2D eigenvalue weighted by molar-refractivity contribution is 7.98. The fraction of sp³-hybridized carbons (Fsp3) is 0.520. The molecule has 1 aromatic carbocycles. The number of guanidine groups is 1. The van der Waals surface area contributed by atoms with E-state index < -0.39 is 53.2 Å². The zero-order valence-electron chi connectivity index (χ0n) is 23.0. The number of ketones is 1. The van der Waals surface area contributed by atoms with Crippen molar-refractivity contribution in [2.75, 3.05) is 18.6 Å². The van der Waals surface area contributed by atoms with Crippen LogP contribution in [0.15, 0.2) is 35.3 Å². The monoisotopic (exact) mass is 583 g/mol. The first-order chi connectivity index (χ1) is 18.6. The summed E-state index contributed by atoms with van der Waals surface area (Å²) in [6, 6.07) is 4.87. The van der Waals surface area contributed by atoms with E-state index in [1.165, 1.54) is 11.8 Å². The number of thioether (sulfide) groups is 1.